The third-order valence-electron chi connectivity index (χ3n) is 1.07. The van der Waals surface area contributed by atoms with Gasteiger partial charge in [-0.15, -0.1) is 0 Å². The molecule has 0 spiro atoms. The molecule has 0 aromatic carbocycles. The highest BCUT2D eigenvalue weighted by Gasteiger charge is 2.09. The number of carbonyl (C=O) groups excluding carboxylic acids is 2. The van der Waals surface area contributed by atoms with Gasteiger partial charge in [0, 0.05) is 13.3 Å². The van der Waals surface area contributed by atoms with Gasteiger partial charge in [0.2, 0.25) is 0 Å². The normalized spacial score (nSPS) is 11.8. The van der Waals surface area contributed by atoms with Crippen LogP contribution in [0, 0.1) is 0 Å². The van der Waals surface area contributed by atoms with E-state index in [1.54, 1.807) is 0 Å². The maximum Gasteiger partial charge on any atom is 0.303 e. The Kier molecular flexibility index (Phi) is 4.18. The van der Waals surface area contributed by atoms with E-state index in [1.807, 2.05) is 0 Å². The van der Waals surface area contributed by atoms with Crippen molar-refractivity contribution in [1.82, 2.24) is 0 Å². The quantitative estimate of drug-likeness (QED) is 0.452. The zero-order chi connectivity index (χ0) is 8.85. The summed E-state index contributed by atoms with van der Waals surface area (Å²) in [7, 11) is 0. The minimum atomic E-state index is -0.468. The lowest BCUT2D eigenvalue weighted by molar-refractivity contribution is -0.145. The van der Waals surface area contributed by atoms with Gasteiger partial charge in [0.25, 0.3) is 0 Å². The molecule has 0 aliphatic heterocycles. The lowest BCUT2D eigenvalue weighted by Crippen LogP contribution is -2.16. The predicted octanol–water partition coefficient (Wildman–Crippen LogP) is 1.08. The van der Waals surface area contributed by atoms with Crippen LogP contribution < -0.4 is 0 Å². The number of rotatable bonds is 4. The molecule has 11 heavy (non-hydrogen) atoms. The lowest BCUT2D eigenvalue weighted by atomic mass is 10.2. The van der Waals surface area contributed by atoms with E-state index in [1.165, 1.54) is 19.9 Å². The van der Waals surface area contributed by atoms with Crippen LogP contribution >= 0.6 is 0 Å². The average Bonchev–Trinajstić information content (AvgIpc) is 1.84. The number of hydrogen-bond acceptors (Lipinski definition) is 3. The number of Topliss-reactive ketones (excluding diaryl/α,β-unsaturated/α-hetero) is 1. The highest BCUT2D eigenvalue weighted by Crippen LogP contribution is 2.00. The monoisotopic (exact) mass is 156 g/mol. The molecule has 0 radical (unpaired) electrons. The summed E-state index contributed by atoms with van der Waals surface area (Å²) in [4.78, 5) is 21.0. The molecule has 0 aromatic heterocycles. The fourth-order valence-corrected chi connectivity index (χ4v) is 0.670. The molecule has 62 valence electrons. The summed E-state index contributed by atoms with van der Waals surface area (Å²) < 4.78 is 4.73. The second-order valence-electron chi connectivity index (χ2n) is 2.29. The Morgan fingerprint density at radius 1 is 1.55 bits per heavy atom. The molecular formula is C8H12O3. The summed E-state index contributed by atoms with van der Waals surface area (Å²) in [5.41, 5.74) is 0. The van der Waals surface area contributed by atoms with Crippen LogP contribution in [-0.4, -0.2) is 17.9 Å². The molecule has 0 saturated heterocycles. The molecule has 0 amide bonds. The first-order chi connectivity index (χ1) is 5.06. The molecule has 1 unspecified atom stereocenters. The average molecular weight is 156 g/mol. The number of ether oxygens (including phenoxy) is 1. The Morgan fingerprint density at radius 3 is 2.36 bits per heavy atom. The van der Waals surface area contributed by atoms with Crippen molar-refractivity contribution in [2.75, 3.05) is 0 Å². The van der Waals surface area contributed by atoms with Gasteiger partial charge in [-0.1, -0.05) is 12.7 Å². The highest BCUT2D eigenvalue weighted by molar-refractivity contribution is 5.76. The fourth-order valence-electron chi connectivity index (χ4n) is 0.670. The summed E-state index contributed by atoms with van der Waals surface area (Å²) in [5.74, 6) is -0.410. The molecule has 0 aromatic rings. The maximum atomic E-state index is 10.6. The van der Waals surface area contributed by atoms with Crippen molar-refractivity contribution in [3.63, 3.8) is 0 Å². The van der Waals surface area contributed by atoms with E-state index >= 15 is 0 Å². The van der Waals surface area contributed by atoms with Crippen molar-refractivity contribution in [3.8, 4) is 0 Å². The van der Waals surface area contributed by atoms with Gasteiger partial charge in [0.05, 0.1) is 0 Å². The Bertz CT molecular complexity index is 156. The van der Waals surface area contributed by atoms with Crippen LogP contribution in [0.15, 0.2) is 12.7 Å². The molecule has 0 rings (SSSR count). The van der Waals surface area contributed by atoms with Crippen LogP contribution in [0.5, 0.6) is 0 Å². The van der Waals surface area contributed by atoms with E-state index in [0.29, 0.717) is 0 Å². The van der Waals surface area contributed by atoms with E-state index < -0.39 is 12.1 Å². The Hall–Kier alpha value is -1.12. The van der Waals surface area contributed by atoms with Crippen molar-refractivity contribution in [2.24, 2.45) is 0 Å². The number of carbonyl (C=O) groups is 2. The Labute approximate surface area is 66.0 Å². The van der Waals surface area contributed by atoms with Gasteiger partial charge in [-0.25, -0.2) is 0 Å². The summed E-state index contributed by atoms with van der Waals surface area (Å²) in [6.07, 6.45) is 1.19. The van der Waals surface area contributed by atoms with Crippen molar-refractivity contribution in [1.29, 1.82) is 0 Å². The van der Waals surface area contributed by atoms with Gasteiger partial charge in [-0.05, 0) is 6.92 Å². The topological polar surface area (TPSA) is 43.4 Å². The lowest BCUT2D eigenvalue weighted by Gasteiger charge is -2.09. The van der Waals surface area contributed by atoms with Crippen LogP contribution in [0.1, 0.15) is 20.3 Å². The molecule has 0 bridgehead atoms. The Morgan fingerprint density at radius 2 is 2.09 bits per heavy atom. The number of ketones is 1. The molecule has 1 atom stereocenters. The summed E-state index contributed by atoms with van der Waals surface area (Å²) in [6.45, 7) is 6.18. The van der Waals surface area contributed by atoms with Crippen LogP contribution in [-0.2, 0) is 14.3 Å². The highest BCUT2D eigenvalue weighted by atomic mass is 16.5. The largest absolute Gasteiger partial charge is 0.458 e. The van der Waals surface area contributed by atoms with Gasteiger partial charge in [-0.2, -0.15) is 0 Å². The predicted molar refractivity (Wildman–Crippen MR) is 41.0 cm³/mol. The van der Waals surface area contributed by atoms with E-state index in [0.717, 1.165) is 0 Å². The summed E-state index contributed by atoms with van der Waals surface area (Å²) in [5, 5.41) is 0. The first kappa shape index (κ1) is 9.88. The second-order valence-corrected chi connectivity index (χ2v) is 2.29. The zero-order valence-electron chi connectivity index (χ0n) is 6.79. The van der Waals surface area contributed by atoms with Crippen LogP contribution in [0.25, 0.3) is 0 Å². The van der Waals surface area contributed by atoms with Gasteiger partial charge in [0.15, 0.2) is 0 Å². The first-order valence-electron chi connectivity index (χ1n) is 3.35. The molecule has 0 saturated carbocycles. The number of esters is 1. The molecular weight excluding hydrogens is 144 g/mol. The maximum absolute atomic E-state index is 10.6. The SMILES string of the molecule is C=CC(CC(C)=O)OC(C)=O. The fraction of sp³-hybridized carbons (Fsp3) is 0.500. The molecule has 0 aliphatic carbocycles. The minimum absolute atomic E-state index is 0.0175. The van der Waals surface area contributed by atoms with Gasteiger partial charge >= 0.3 is 5.97 Å². The van der Waals surface area contributed by atoms with Crippen LogP contribution in [0.4, 0.5) is 0 Å². The second kappa shape index (κ2) is 4.66. The van der Waals surface area contributed by atoms with E-state index in [-0.39, 0.29) is 12.2 Å². The summed E-state index contributed by atoms with van der Waals surface area (Å²) >= 11 is 0. The van der Waals surface area contributed by atoms with Gasteiger partial charge in [0.1, 0.15) is 11.9 Å². The van der Waals surface area contributed by atoms with Crippen molar-refractivity contribution >= 4 is 11.8 Å². The van der Waals surface area contributed by atoms with E-state index in [4.69, 9.17) is 4.74 Å². The summed E-state index contributed by atoms with van der Waals surface area (Å²) in [6, 6.07) is 0. The molecule has 3 heteroatoms. The smallest absolute Gasteiger partial charge is 0.303 e. The first-order valence-corrected chi connectivity index (χ1v) is 3.35. The van der Waals surface area contributed by atoms with E-state index in [2.05, 4.69) is 6.58 Å². The zero-order valence-corrected chi connectivity index (χ0v) is 6.79. The third-order valence-corrected chi connectivity index (χ3v) is 1.07. The molecule has 0 heterocycles. The molecule has 0 aliphatic rings. The number of hydrogen-bond donors (Lipinski definition) is 0. The van der Waals surface area contributed by atoms with Crippen LogP contribution in [0.3, 0.4) is 0 Å². The van der Waals surface area contributed by atoms with Crippen molar-refractivity contribution < 1.29 is 14.3 Å². The third kappa shape index (κ3) is 5.33. The Balaban J connectivity index is 3.85. The standard InChI is InChI=1S/C8H12O3/c1-4-8(5-6(2)9)11-7(3)10/h4,8H,1,5H2,2-3H3. The van der Waals surface area contributed by atoms with Crippen molar-refractivity contribution in [3.05, 3.63) is 12.7 Å². The van der Waals surface area contributed by atoms with Gasteiger partial charge < -0.3 is 4.74 Å². The molecule has 0 N–H and O–H groups in total. The molecule has 0 fully saturated rings. The van der Waals surface area contributed by atoms with Crippen molar-refractivity contribution in [2.45, 2.75) is 26.4 Å². The van der Waals surface area contributed by atoms with E-state index in [9.17, 15) is 9.59 Å². The minimum Gasteiger partial charge on any atom is -0.458 e. The molecule has 3 nitrogen and oxygen atoms in total. The van der Waals surface area contributed by atoms with Crippen LogP contribution in [0.2, 0.25) is 0 Å². The van der Waals surface area contributed by atoms with Gasteiger partial charge in [-0.3, -0.25) is 9.59 Å².